The van der Waals surface area contributed by atoms with E-state index in [0.717, 1.165) is 18.8 Å². The Morgan fingerprint density at radius 3 is 2.80 bits per heavy atom. The van der Waals surface area contributed by atoms with Crippen LogP contribution in [0.15, 0.2) is 32.7 Å². The van der Waals surface area contributed by atoms with Gasteiger partial charge in [0.25, 0.3) is 0 Å². The van der Waals surface area contributed by atoms with Gasteiger partial charge in [0.05, 0.1) is 16.6 Å². The van der Waals surface area contributed by atoms with Crippen LogP contribution >= 0.6 is 27.3 Å². The monoisotopic (exact) mass is 285 g/mol. The van der Waals surface area contributed by atoms with E-state index in [4.69, 9.17) is 4.42 Å². The van der Waals surface area contributed by atoms with Gasteiger partial charge in [-0.2, -0.15) is 0 Å². The number of hydrogen-bond acceptors (Lipinski definition) is 3. The van der Waals surface area contributed by atoms with Gasteiger partial charge in [0.1, 0.15) is 5.76 Å². The number of rotatable bonds is 4. The van der Waals surface area contributed by atoms with Crippen LogP contribution in [0.2, 0.25) is 0 Å². The molecule has 1 N–H and O–H groups in total. The zero-order valence-corrected chi connectivity index (χ0v) is 10.8. The molecular weight excluding hydrogens is 274 g/mol. The fourth-order valence-electron chi connectivity index (χ4n) is 1.33. The molecule has 2 heterocycles. The lowest BCUT2D eigenvalue weighted by atomic mass is 10.3. The zero-order valence-electron chi connectivity index (χ0n) is 8.42. The third kappa shape index (κ3) is 2.93. The fourth-order valence-corrected chi connectivity index (χ4v) is 2.78. The van der Waals surface area contributed by atoms with Crippen molar-refractivity contribution < 1.29 is 4.42 Å². The van der Waals surface area contributed by atoms with Crippen LogP contribution in [0, 0.1) is 6.92 Å². The molecule has 0 aliphatic heterocycles. The average molecular weight is 286 g/mol. The molecule has 0 saturated heterocycles. The Morgan fingerprint density at radius 2 is 2.20 bits per heavy atom. The van der Waals surface area contributed by atoms with Crippen LogP contribution in [0.1, 0.15) is 16.2 Å². The number of nitrogens with one attached hydrogen (secondary N) is 1. The van der Waals surface area contributed by atoms with Crippen molar-refractivity contribution in [1.82, 2.24) is 5.32 Å². The van der Waals surface area contributed by atoms with E-state index in [-0.39, 0.29) is 0 Å². The number of furan rings is 1. The minimum atomic E-state index is 0.786. The molecule has 2 nitrogen and oxygen atoms in total. The van der Waals surface area contributed by atoms with Crippen LogP contribution < -0.4 is 5.32 Å². The lowest BCUT2D eigenvalue weighted by molar-refractivity contribution is 0.481. The maximum atomic E-state index is 5.34. The molecule has 2 aromatic rings. The summed E-state index contributed by atoms with van der Waals surface area (Å²) in [5, 5.41) is 3.35. The average Bonchev–Trinajstić information content (AvgIpc) is 2.77. The van der Waals surface area contributed by atoms with Gasteiger partial charge in [-0.05, 0) is 46.6 Å². The highest BCUT2D eigenvalue weighted by molar-refractivity contribution is 9.11. The highest BCUT2D eigenvalue weighted by Gasteiger charge is 2.01. The van der Waals surface area contributed by atoms with Crippen molar-refractivity contribution in [2.24, 2.45) is 0 Å². The number of hydrogen-bond donors (Lipinski definition) is 1. The van der Waals surface area contributed by atoms with Crippen molar-refractivity contribution in [2.45, 2.75) is 20.0 Å². The molecule has 0 amide bonds. The third-order valence-corrected chi connectivity index (χ3v) is 3.81. The molecule has 0 unspecified atom stereocenters. The Kier molecular flexibility index (Phi) is 3.61. The second-order valence-electron chi connectivity index (χ2n) is 3.34. The van der Waals surface area contributed by atoms with Crippen LogP contribution in [-0.4, -0.2) is 0 Å². The first-order chi connectivity index (χ1) is 7.25. The summed E-state index contributed by atoms with van der Waals surface area (Å²) in [5.41, 5.74) is 1.20. The first-order valence-electron chi connectivity index (χ1n) is 4.73. The number of halogens is 1. The summed E-state index contributed by atoms with van der Waals surface area (Å²) in [6.45, 7) is 3.73. The molecule has 0 spiro atoms. The lowest BCUT2D eigenvalue weighted by Crippen LogP contribution is -2.11. The molecule has 0 aliphatic carbocycles. The van der Waals surface area contributed by atoms with Gasteiger partial charge in [0.2, 0.25) is 0 Å². The molecule has 0 radical (unpaired) electrons. The molecule has 2 rings (SSSR count). The van der Waals surface area contributed by atoms with Crippen molar-refractivity contribution in [3.8, 4) is 0 Å². The predicted molar refractivity (Wildman–Crippen MR) is 66.0 cm³/mol. The van der Waals surface area contributed by atoms with E-state index in [1.165, 1.54) is 14.2 Å². The smallest absolute Gasteiger partial charge is 0.120 e. The van der Waals surface area contributed by atoms with Crippen molar-refractivity contribution in [1.29, 1.82) is 0 Å². The number of aryl methyl sites for hydroxylation is 1. The quantitative estimate of drug-likeness (QED) is 0.927. The molecule has 15 heavy (non-hydrogen) atoms. The van der Waals surface area contributed by atoms with E-state index in [0.29, 0.717) is 0 Å². The summed E-state index contributed by atoms with van der Waals surface area (Å²) in [5.74, 6) is 1.02. The van der Waals surface area contributed by atoms with Gasteiger partial charge in [-0.1, -0.05) is 0 Å². The summed E-state index contributed by atoms with van der Waals surface area (Å²) >= 11 is 5.20. The van der Waals surface area contributed by atoms with Gasteiger partial charge < -0.3 is 9.73 Å². The normalized spacial score (nSPS) is 10.8. The molecule has 0 aliphatic rings. The van der Waals surface area contributed by atoms with E-state index >= 15 is 0 Å². The Labute approximate surface area is 101 Å². The molecule has 4 heteroatoms. The van der Waals surface area contributed by atoms with Crippen LogP contribution in [0.3, 0.4) is 0 Å². The van der Waals surface area contributed by atoms with E-state index in [1.54, 1.807) is 17.6 Å². The Balaban J connectivity index is 1.83. The van der Waals surface area contributed by atoms with Crippen molar-refractivity contribution in [3.63, 3.8) is 0 Å². The minimum absolute atomic E-state index is 0.786. The zero-order chi connectivity index (χ0) is 10.7. The van der Waals surface area contributed by atoms with E-state index in [2.05, 4.69) is 40.3 Å². The maximum absolute atomic E-state index is 5.34. The Morgan fingerprint density at radius 1 is 1.33 bits per heavy atom. The topological polar surface area (TPSA) is 25.2 Å². The summed E-state index contributed by atoms with van der Waals surface area (Å²) in [6, 6.07) is 6.18. The lowest BCUT2D eigenvalue weighted by Gasteiger charge is -2.01. The Hall–Kier alpha value is -0.580. The second-order valence-corrected chi connectivity index (χ2v) is 5.88. The van der Waals surface area contributed by atoms with Crippen molar-refractivity contribution >= 4 is 27.3 Å². The third-order valence-electron chi connectivity index (χ3n) is 2.18. The van der Waals surface area contributed by atoms with Crippen LogP contribution in [0.25, 0.3) is 0 Å². The van der Waals surface area contributed by atoms with Crippen molar-refractivity contribution in [2.75, 3.05) is 0 Å². The summed E-state index contributed by atoms with van der Waals surface area (Å²) < 4.78 is 6.51. The summed E-state index contributed by atoms with van der Waals surface area (Å²) in [6.07, 6.45) is 1.73. The molecule has 80 valence electrons. The predicted octanol–water partition coefficient (Wildman–Crippen LogP) is 3.70. The largest absolute Gasteiger partial charge is 0.468 e. The van der Waals surface area contributed by atoms with Crippen LogP contribution in [0.5, 0.6) is 0 Å². The van der Waals surface area contributed by atoms with Crippen LogP contribution in [-0.2, 0) is 13.1 Å². The van der Waals surface area contributed by atoms with Gasteiger partial charge in [-0.15, -0.1) is 11.3 Å². The van der Waals surface area contributed by atoms with Gasteiger partial charge in [-0.25, -0.2) is 0 Å². The maximum Gasteiger partial charge on any atom is 0.120 e. The highest BCUT2D eigenvalue weighted by Crippen LogP contribution is 2.21. The van der Waals surface area contributed by atoms with Gasteiger partial charge in [0, 0.05) is 11.4 Å². The molecule has 0 bridgehead atoms. The molecular formula is C11H12BrNOS. The fraction of sp³-hybridized carbons (Fsp3) is 0.273. The minimum Gasteiger partial charge on any atom is -0.468 e. The number of thiophene rings is 1. The summed E-state index contributed by atoms with van der Waals surface area (Å²) in [7, 11) is 0. The van der Waals surface area contributed by atoms with E-state index in [1.807, 2.05) is 6.07 Å². The standard InChI is InChI=1S/C11H12BrNOS/c1-8-4-5-14-10(8)7-13-6-9-2-3-11(12)15-9/h2-5,13H,6-7H2,1H3. The highest BCUT2D eigenvalue weighted by atomic mass is 79.9. The van der Waals surface area contributed by atoms with Crippen molar-refractivity contribution in [3.05, 3.63) is 44.4 Å². The second kappa shape index (κ2) is 4.96. The SMILES string of the molecule is Cc1ccoc1CNCc1ccc(Br)s1. The molecule has 0 saturated carbocycles. The van der Waals surface area contributed by atoms with Crippen LogP contribution in [0.4, 0.5) is 0 Å². The van der Waals surface area contributed by atoms with Gasteiger partial charge >= 0.3 is 0 Å². The first-order valence-corrected chi connectivity index (χ1v) is 6.34. The molecule has 2 aromatic heterocycles. The first kappa shape index (κ1) is 10.9. The Bertz CT molecular complexity index is 435. The molecule has 0 aromatic carbocycles. The van der Waals surface area contributed by atoms with Gasteiger partial charge in [0.15, 0.2) is 0 Å². The van der Waals surface area contributed by atoms with E-state index < -0.39 is 0 Å². The van der Waals surface area contributed by atoms with E-state index in [9.17, 15) is 0 Å². The molecule has 0 fully saturated rings. The van der Waals surface area contributed by atoms with Gasteiger partial charge in [-0.3, -0.25) is 0 Å². The summed E-state index contributed by atoms with van der Waals surface area (Å²) in [4.78, 5) is 1.33. The molecule has 0 atom stereocenters.